The van der Waals surface area contributed by atoms with E-state index < -0.39 is 62.7 Å². The number of hydrogen-bond donors (Lipinski definition) is 2. The summed E-state index contributed by atoms with van der Waals surface area (Å²) >= 11 is 0.209. The number of nitrogens with zero attached hydrogens (tertiary/aromatic N) is 2. The standard InChI is InChI=1S/C21H19F7N4O3S2/c1-12-29-6-7-32(12)11-14-3-2-13(8-17(14)22)16-9-15(10-21(26,27)28)36-18(16)37(34,35)31-19(33)30-5-4-20(23,24)25/h2-3,6-9H,4-5,10-11H2,1H3,(H2,30,31,33). The van der Waals surface area contributed by atoms with Crippen LogP contribution in [-0.2, 0) is 23.0 Å². The average molecular weight is 573 g/mol. The van der Waals surface area contributed by atoms with Crippen LogP contribution >= 0.6 is 11.3 Å². The molecule has 2 heterocycles. The molecule has 0 bridgehead atoms. The second-order valence-electron chi connectivity index (χ2n) is 7.84. The molecular weight excluding hydrogens is 553 g/mol. The summed E-state index contributed by atoms with van der Waals surface area (Å²) in [6, 6.07) is 3.01. The Morgan fingerprint density at radius 1 is 1.11 bits per heavy atom. The van der Waals surface area contributed by atoms with Crippen LogP contribution in [0.4, 0.5) is 35.5 Å². The lowest BCUT2D eigenvalue weighted by molar-refractivity contribution is -0.133. The third-order valence-corrected chi connectivity index (χ3v) is 7.92. The van der Waals surface area contributed by atoms with Gasteiger partial charge in [-0.1, -0.05) is 12.1 Å². The maximum atomic E-state index is 14.9. The lowest BCUT2D eigenvalue weighted by atomic mass is 10.1. The zero-order valence-corrected chi connectivity index (χ0v) is 20.5. The van der Waals surface area contributed by atoms with Gasteiger partial charge in [-0.05, 0) is 24.6 Å². The highest BCUT2D eigenvalue weighted by molar-refractivity contribution is 7.92. The summed E-state index contributed by atoms with van der Waals surface area (Å²) in [6.07, 6.45) is -9.08. The first kappa shape index (κ1) is 28.4. The van der Waals surface area contributed by atoms with Gasteiger partial charge in [-0.15, -0.1) is 11.3 Å². The van der Waals surface area contributed by atoms with Crippen molar-refractivity contribution in [1.29, 1.82) is 0 Å². The largest absolute Gasteiger partial charge is 0.393 e. The minimum atomic E-state index is -4.84. The van der Waals surface area contributed by atoms with Gasteiger partial charge in [0.15, 0.2) is 0 Å². The van der Waals surface area contributed by atoms with E-state index in [9.17, 15) is 43.9 Å². The number of aromatic nitrogens is 2. The molecule has 3 rings (SSSR count). The lowest BCUT2D eigenvalue weighted by Crippen LogP contribution is -2.40. The molecule has 0 aliphatic carbocycles. The van der Waals surface area contributed by atoms with Crippen LogP contribution in [0.15, 0.2) is 40.9 Å². The van der Waals surface area contributed by atoms with Crippen molar-refractivity contribution in [2.75, 3.05) is 6.54 Å². The van der Waals surface area contributed by atoms with Crippen LogP contribution in [0.3, 0.4) is 0 Å². The smallest absolute Gasteiger partial charge is 0.337 e. The monoisotopic (exact) mass is 572 g/mol. The summed E-state index contributed by atoms with van der Waals surface area (Å²) in [6.45, 7) is 0.861. The van der Waals surface area contributed by atoms with Crippen LogP contribution in [0.2, 0.25) is 0 Å². The van der Waals surface area contributed by atoms with Crippen molar-refractivity contribution in [2.45, 2.75) is 42.9 Å². The van der Waals surface area contributed by atoms with Crippen LogP contribution in [-0.4, -0.2) is 42.9 Å². The van der Waals surface area contributed by atoms with E-state index in [2.05, 4.69) is 4.98 Å². The molecule has 1 aromatic carbocycles. The summed E-state index contributed by atoms with van der Waals surface area (Å²) in [5.74, 6) is -0.165. The van der Waals surface area contributed by atoms with Gasteiger partial charge < -0.3 is 9.88 Å². The number of aryl methyl sites for hydroxylation is 1. The van der Waals surface area contributed by atoms with Crippen LogP contribution in [0.25, 0.3) is 11.1 Å². The van der Waals surface area contributed by atoms with Crippen LogP contribution in [0.1, 0.15) is 22.7 Å². The Balaban J connectivity index is 1.92. The molecule has 3 aromatic rings. The quantitative estimate of drug-likeness (QED) is 0.365. The molecule has 0 aliphatic rings. The highest BCUT2D eigenvalue weighted by Gasteiger charge is 2.33. The van der Waals surface area contributed by atoms with E-state index in [1.807, 2.05) is 0 Å². The number of hydrogen-bond acceptors (Lipinski definition) is 5. The Morgan fingerprint density at radius 3 is 2.38 bits per heavy atom. The molecule has 37 heavy (non-hydrogen) atoms. The molecule has 16 heteroatoms. The molecule has 0 unspecified atom stereocenters. The van der Waals surface area contributed by atoms with Gasteiger partial charge in [-0.25, -0.2) is 27.3 Å². The Morgan fingerprint density at radius 2 is 1.81 bits per heavy atom. The molecule has 202 valence electrons. The van der Waals surface area contributed by atoms with Crippen LogP contribution < -0.4 is 10.0 Å². The summed E-state index contributed by atoms with van der Waals surface area (Å²) in [5, 5.41) is 1.72. The van der Waals surface area contributed by atoms with E-state index >= 15 is 0 Å². The molecule has 7 nitrogen and oxygen atoms in total. The number of halogens is 7. The maximum Gasteiger partial charge on any atom is 0.393 e. The number of alkyl halides is 6. The first-order chi connectivity index (χ1) is 17.0. The number of rotatable bonds is 8. The lowest BCUT2D eigenvalue weighted by Gasteiger charge is -2.11. The van der Waals surface area contributed by atoms with Gasteiger partial charge in [0.1, 0.15) is 15.9 Å². The van der Waals surface area contributed by atoms with Crippen LogP contribution in [0, 0.1) is 12.7 Å². The van der Waals surface area contributed by atoms with E-state index in [1.165, 1.54) is 23.1 Å². The van der Waals surface area contributed by atoms with Gasteiger partial charge in [0, 0.05) is 34.9 Å². The Labute approximate surface area is 210 Å². The molecule has 0 aliphatic heterocycles. The summed E-state index contributed by atoms with van der Waals surface area (Å²) < 4.78 is 119. The highest BCUT2D eigenvalue weighted by Crippen LogP contribution is 2.38. The number of carbonyl (C=O) groups is 1. The third kappa shape index (κ3) is 7.92. The highest BCUT2D eigenvalue weighted by atomic mass is 32.2. The summed E-state index contributed by atoms with van der Waals surface area (Å²) in [7, 11) is -4.84. The maximum absolute atomic E-state index is 14.9. The third-order valence-electron chi connectivity index (χ3n) is 4.92. The van der Waals surface area contributed by atoms with Gasteiger partial charge in [-0.2, -0.15) is 26.3 Å². The first-order valence-corrected chi connectivity index (χ1v) is 12.7. The van der Waals surface area contributed by atoms with E-state index in [0.29, 0.717) is 5.82 Å². The van der Waals surface area contributed by atoms with Gasteiger partial charge in [0.2, 0.25) is 0 Å². The molecule has 2 aromatic heterocycles. The van der Waals surface area contributed by atoms with Crippen LogP contribution in [0.5, 0.6) is 0 Å². The Kier molecular flexibility index (Phi) is 8.21. The van der Waals surface area contributed by atoms with Crippen molar-refractivity contribution in [3.63, 3.8) is 0 Å². The number of urea groups is 1. The zero-order valence-electron chi connectivity index (χ0n) is 18.9. The van der Waals surface area contributed by atoms with Gasteiger partial charge >= 0.3 is 18.4 Å². The van der Waals surface area contributed by atoms with E-state index in [1.54, 1.807) is 23.0 Å². The SMILES string of the molecule is Cc1nccn1Cc1ccc(-c2cc(CC(F)(F)F)sc2S(=O)(=O)NC(=O)NCCC(F)(F)F)cc1F. The Hall–Kier alpha value is -3.14. The van der Waals surface area contributed by atoms with E-state index in [4.69, 9.17) is 0 Å². The number of imidazole rings is 1. The summed E-state index contributed by atoms with van der Waals surface area (Å²) in [5.41, 5.74) is -0.183. The molecular formula is C21H19F7N4O3S2. The molecule has 2 amide bonds. The molecule has 0 saturated carbocycles. The van der Waals surface area contributed by atoms with Crippen molar-refractivity contribution in [3.05, 3.63) is 58.7 Å². The molecule has 2 N–H and O–H groups in total. The van der Waals surface area contributed by atoms with Crippen molar-refractivity contribution in [3.8, 4) is 11.1 Å². The van der Waals surface area contributed by atoms with Crippen molar-refractivity contribution in [2.24, 2.45) is 0 Å². The van der Waals surface area contributed by atoms with Crippen molar-refractivity contribution >= 4 is 27.4 Å². The fourth-order valence-corrected chi connectivity index (χ4v) is 5.93. The molecule has 0 saturated heterocycles. The fraction of sp³-hybridized carbons (Fsp3) is 0.333. The van der Waals surface area contributed by atoms with Gasteiger partial charge in [0.25, 0.3) is 10.0 Å². The average Bonchev–Trinajstić information content (AvgIpc) is 3.33. The van der Waals surface area contributed by atoms with E-state index in [-0.39, 0.29) is 34.6 Å². The Bertz CT molecular complexity index is 1380. The predicted molar refractivity (Wildman–Crippen MR) is 120 cm³/mol. The van der Waals surface area contributed by atoms with Gasteiger partial charge in [0.05, 0.1) is 19.4 Å². The number of carbonyl (C=O) groups excluding carboxylic acids is 1. The normalized spacial score (nSPS) is 12.5. The minimum Gasteiger partial charge on any atom is -0.337 e. The second kappa shape index (κ2) is 10.7. The molecule has 0 fully saturated rings. The topological polar surface area (TPSA) is 93.1 Å². The second-order valence-corrected chi connectivity index (χ2v) is 10.9. The van der Waals surface area contributed by atoms with Gasteiger partial charge in [-0.3, -0.25) is 0 Å². The molecule has 0 radical (unpaired) electrons. The summed E-state index contributed by atoms with van der Waals surface area (Å²) in [4.78, 5) is 15.5. The number of amides is 2. The van der Waals surface area contributed by atoms with Crippen molar-refractivity contribution in [1.82, 2.24) is 19.6 Å². The predicted octanol–water partition coefficient (Wildman–Crippen LogP) is 5.15. The minimum absolute atomic E-state index is 0.0777. The number of sulfonamides is 1. The number of nitrogens with one attached hydrogen (secondary N) is 2. The van der Waals surface area contributed by atoms with E-state index in [0.717, 1.165) is 12.1 Å². The van der Waals surface area contributed by atoms with Crippen molar-refractivity contribution < 1.29 is 43.9 Å². The number of thiophene rings is 1. The molecule has 0 atom stereocenters. The molecule has 0 spiro atoms. The zero-order chi connectivity index (χ0) is 27.6. The number of benzene rings is 1. The fourth-order valence-electron chi connectivity index (χ4n) is 3.23. The first-order valence-electron chi connectivity index (χ1n) is 10.4.